The maximum absolute atomic E-state index is 12.9. The Bertz CT molecular complexity index is 881. The summed E-state index contributed by atoms with van der Waals surface area (Å²) >= 11 is 0. The van der Waals surface area contributed by atoms with Crippen LogP contribution in [0.1, 0.15) is 33.6 Å². The van der Waals surface area contributed by atoms with E-state index in [4.69, 9.17) is 14.2 Å². The monoisotopic (exact) mass is 425 g/mol. The number of Topliss-reactive ketones (excluding diaryl/α,β-unsaturated/α-hetero) is 1. The van der Waals surface area contributed by atoms with Gasteiger partial charge < -0.3 is 14.2 Å². The van der Waals surface area contributed by atoms with Gasteiger partial charge in [0.05, 0.1) is 10.8 Å². The zero-order valence-corrected chi connectivity index (χ0v) is 17.8. The number of piperidine rings is 1. The first-order valence-corrected chi connectivity index (χ1v) is 11.1. The molecule has 0 radical (unpaired) electrons. The fourth-order valence-corrected chi connectivity index (χ4v) is 4.62. The summed E-state index contributed by atoms with van der Waals surface area (Å²) in [4.78, 5) is 24.3. The van der Waals surface area contributed by atoms with Gasteiger partial charge in [-0.2, -0.15) is 4.31 Å². The van der Waals surface area contributed by atoms with Gasteiger partial charge in [0, 0.05) is 24.6 Å². The Kier molecular flexibility index (Phi) is 6.19. The maximum atomic E-state index is 12.9. The maximum Gasteiger partial charge on any atom is 0.309 e. The highest BCUT2D eigenvalue weighted by molar-refractivity contribution is 7.89. The molecule has 0 unspecified atom stereocenters. The number of sulfonamides is 1. The van der Waals surface area contributed by atoms with Crippen LogP contribution in [-0.4, -0.2) is 57.4 Å². The number of carbonyl (C=O) groups is 2. The molecule has 0 aliphatic carbocycles. The molecule has 0 spiro atoms. The zero-order chi connectivity index (χ0) is 21.2. The predicted molar refractivity (Wildman–Crippen MR) is 104 cm³/mol. The van der Waals surface area contributed by atoms with E-state index in [2.05, 4.69) is 0 Å². The number of rotatable bonds is 5. The molecule has 0 aromatic heterocycles. The van der Waals surface area contributed by atoms with Crippen molar-refractivity contribution in [3.63, 3.8) is 0 Å². The van der Waals surface area contributed by atoms with Crippen molar-refractivity contribution in [1.82, 2.24) is 4.31 Å². The van der Waals surface area contributed by atoms with Crippen LogP contribution in [-0.2, 0) is 24.3 Å². The Hall–Kier alpha value is -2.13. The second kappa shape index (κ2) is 8.31. The van der Waals surface area contributed by atoms with Gasteiger partial charge in [0.1, 0.15) is 13.2 Å². The first-order chi connectivity index (χ1) is 13.6. The van der Waals surface area contributed by atoms with Crippen molar-refractivity contribution in [3.05, 3.63) is 18.2 Å². The van der Waals surface area contributed by atoms with Crippen LogP contribution >= 0.6 is 0 Å². The highest BCUT2D eigenvalue weighted by Crippen LogP contribution is 2.34. The van der Waals surface area contributed by atoms with Gasteiger partial charge in [-0.05, 0) is 25.0 Å². The quantitative estimate of drug-likeness (QED) is 0.666. The van der Waals surface area contributed by atoms with Gasteiger partial charge in [-0.1, -0.05) is 20.8 Å². The number of hydrogen-bond acceptors (Lipinski definition) is 7. The van der Waals surface area contributed by atoms with E-state index in [1.807, 2.05) is 0 Å². The van der Waals surface area contributed by atoms with E-state index in [0.717, 1.165) is 0 Å². The van der Waals surface area contributed by atoms with Gasteiger partial charge in [-0.25, -0.2) is 8.42 Å². The van der Waals surface area contributed by atoms with Crippen LogP contribution in [0.25, 0.3) is 0 Å². The third-order valence-corrected chi connectivity index (χ3v) is 7.02. The van der Waals surface area contributed by atoms with E-state index < -0.39 is 27.3 Å². The number of esters is 1. The molecule has 1 fully saturated rings. The SMILES string of the molecule is CC(C)(C)C(=O)COC(=O)C1CCN(S(=O)(=O)c2ccc3c(c2)OCCO3)CC1. The number of fused-ring (bicyclic) bond motifs is 1. The van der Waals surface area contributed by atoms with Crippen molar-refractivity contribution >= 4 is 21.8 Å². The minimum Gasteiger partial charge on any atom is -0.486 e. The van der Waals surface area contributed by atoms with E-state index in [0.29, 0.717) is 37.6 Å². The summed E-state index contributed by atoms with van der Waals surface area (Å²) in [6, 6.07) is 4.57. The second-order valence-electron chi connectivity index (χ2n) is 8.26. The van der Waals surface area contributed by atoms with Gasteiger partial charge >= 0.3 is 5.97 Å². The highest BCUT2D eigenvalue weighted by Gasteiger charge is 2.34. The molecule has 2 heterocycles. The molecule has 1 aromatic rings. The summed E-state index contributed by atoms with van der Waals surface area (Å²) in [6.45, 7) is 6.29. The smallest absolute Gasteiger partial charge is 0.309 e. The molecule has 1 aromatic carbocycles. The molecule has 9 heteroatoms. The number of ketones is 1. The Morgan fingerprint density at radius 3 is 2.34 bits per heavy atom. The van der Waals surface area contributed by atoms with Crippen LogP contribution in [0, 0.1) is 11.3 Å². The predicted octanol–water partition coefficient (Wildman–Crippen LogP) is 2.02. The molecule has 0 atom stereocenters. The van der Waals surface area contributed by atoms with Crippen LogP contribution in [0.4, 0.5) is 0 Å². The van der Waals surface area contributed by atoms with Gasteiger partial charge in [0.25, 0.3) is 0 Å². The minimum absolute atomic E-state index is 0.138. The van der Waals surface area contributed by atoms with E-state index in [1.54, 1.807) is 26.8 Å². The third-order valence-electron chi connectivity index (χ3n) is 5.12. The van der Waals surface area contributed by atoms with E-state index in [-0.39, 0.29) is 30.4 Å². The van der Waals surface area contributed by atoms with Crippen molar-refractivity contribution in [2.24, 2.45) is 11.3 Å². The molecule has 0 N–H and O–H groups in total. The lowest BCUT2D eigenvalue weighted by Gasteiger charge is -2.30. The topological polar surface area (TPSA) is 99.2 Å². The van der Waals surface area contributed by atoms with Crippen LogP contribution in [0.5, 0.6) is 11.5 Å². The third kappa shape index (κ3) is 4.90. The molecule has 160 valence electrons. The van der Waals surface area contributed by atoms with Crippen LogP contribution in [0.2, 0.25) is 0 Å². The Labute approximate surface area is 171 Å². The summed E-state index contributed by atoms with van der Waals surface area (Å²) in [7, 11) is -3.70. The van der Waals surface area contributed by atoms with Crippen molar-refractivity contribution in [2.45, 2.75) is 38.5 Å². The van der Waals surface area contributed by atoms with E-state index in [9.17, 15) is 18.0 Å². The second-order valence-corrected chi connectivity index (χ2v) is 10.2. The summed E-state index contributed by atoms with van der Waals surface area (Å²) in [5.41, 5.74) is -0.568. The lowest BCUT2D eigenvalue weighted by Crippen LogP contribution is -2.41. The molecular formula is C20H27NO7S. The fraction of sp³-hybridized carbons (Fsp3) is 0.600. The van der Waals surface area contributed by atoms with Gasteiger partial charge in [-0.15, -0.1) is 0 Å². The fourth-order valence-electron chi connectivity index (χ4n) is 3.14. The minimum atomic E-state index is -3.70. The molecule has 1 saturated heterocycles. The average Bonchev–Trinajstić information content (AvgIpc) is 2.70. The molecule has 29 heavy (non-hydrogen) atoms. The van der Waals surface area contributed by atoms with Gasteiger partial charge in [0.15, 0.2) is 23.9 Å². The molecule has 2 aliphatic rings. The van der Waals surface area contributed by atoms with E-state index >= 15 is 0 Å². The van der Waals surface area contributed by atoms with Crippen LogP contribution in [0.3, 0.4) is 0 Å². The average molecular weight is 426 g/mol. The van der Waals surface area contributed by atoms with Crippen LogP contribution < -0.4 is 9.47 Å². The number of benzene rings is 1. The zero-order valence-electron chi connectivity index (χ0n) is 17.0. The molecular weight excluding hydrogens is 398 g/mol. The van der Waals surface area contributed by atoms with Crippen LogP contribution in [0.15, 0.2) is 23.1 Å². The highest BCUT2D eigenvalue weighted by atomic mass is 32.2. The molecule has 3 rings (SSSR count). The number of carbonyl (C=O) groups excluding carboxylic acids is 2. The van der Waals surface area contributed by atoms with Gasteiger partial charge in [0.2, 0.25) is 10.0 Å². The number of nitrogens with zero attached hydrogens (tertiary/aromatic N) is 1. The molecule has 8 nitrogen and oxygen atoms in total. The molecule has 0 saturated carbocycles. The summed E-state index contributed by atoms with van der Waals surface area (Å²) in [6.07, 6.45) is 0.707. The summed E-state index contributed by atoms with van der Waals surface area (Å²) in [5, 5.41) is 0. The van der Waals surface area contributed by atoms with Gasteiger partial charge in [-0.3, -0.25) is 9.59 Å². The van der Waals surface area contributed by atoms with Crippen molar-refractivity contribution in [2.75, 3.05) is 32.9 Å². The Morgan fingerprint density at radius 2 is 1.72 bits per heavy atom. The normalized spacial score (nSPS) is 18.3. The first-order valence-electron chi connectivity index (χ1n) is 9.69. The van der Waals surface area contributed by atoms with Crippen molar-refractivity contribution in [3.8, 4) is 11.5 Å². The van der Waals surface area contributed by atoms with Crippen molar-refractivity contribution < 1.29 is 32.2 Å². The summed E-state index contributed by atoms with van der Waals surface area (Å²) < 4.78 is 43.3. The standard InChI is InChI=1S/C20H27NO7S/c1-20(2,3)18(22)13-28-19(23)14-6-8-21(9-7-14)29(24,25)15-4-5-16-17(12-15)27-11-10-26-16/h4-5,12,14H,6-11,13H2,1-3H3. The molecule has 0 bridgehead atoms. The van der Waals surface area contributed by atoms with E-state index in [1.165, 1.54) is 16.4 Å². The molecule has 2 aliphatic heterocycles. The number of hydrogen-bond donors (Lipinski definition) is 0. The Balaban J connectivity index is 1.58. The number of ether oxygens (including phenoxy) is 3. The lowest BCUT2D eigenvalue weighted by atomic mass is 9.91. The van der Waals surface area contributed by atoms with Crippen molar-refractivity contribution in [1.29, 1.82) is 0 Å². The largest absolute Gasteiger partial charge is 0.486 e. The lowest BCUT2D eigenvalue weighted by molar-refractivity contribution is -0.154. The first kappa shape index (κ1) is 21.6. The Morgan fingerprint density at radius 1 is 1.10 bits per heavy atom. The molecule has 0 amide bonds. The summed E-state index contributed by atoms with van der Waals surface area (Å²) in [5.74, 6) is -0.0568.